The Balaban J connectivity index is 0.000000384. The fourth-order valence-corrected chi connectivity index (χ4v) is 5.66. The zero-order valence-electron chi connectivity index (χ0n) is 25.6. The van der Waals surface area contributed by atoms with Crippen molar-refractivity contribution in [2.24, 2.45) is 10.9 Å². The SMILES string of the molecule is CN(C)CCC(c1ccc(Cl)cc1)c1ccccn1.N=C(N)Nc1nc(CSCCC(=N)NS(N)(=O)=O)cs1.O=C(O)/C=C\C(=O)O. The van der Waals surface area contributed by atoms with Crippen molar-refractivity contribution in [2.75, 3.05) is 31.7 Å². The molecule has 2 heterocycles. The van der Waals surface area contributed by atoms with Crippen molar-refractivity contribution in [3.05, 3.63) is 88.2 Å². The van der Waals surface area contributed by atoms with E-state index in [1.165, 1.54) is 28.7 Å². The molecule has 2 aromatic heterocycles. The molecule has 0 fully saturated rings. The van der Waals surface area contributed by atoms with E-state index in [2.05, 4.69) is 52.5 Å². The summed E-state index contributed by atoms with van der Waals surface area (Å²) in [6.07, 6.45) is 4.29. The Morgan fingerprint density at radius 3 is 2.28 bits per heavy atom. The van der Waals surface area contributed by atoms with Crippen LogP contribution in [0.25, 0.3) is 0 Å². The molecule has 256 valence electrons. The summed E-state index contributed by atoms with van der Waals surface area (Å²) in [5.74, 6) is -1.31. The van der Waals surface area contributed by atoms with Crippen LogP contribution in [0.5, 0.6) is 0 Å². The number of nitrogens with one attached hydrogen (secondary N) is 4. The topological polar surface area (TPSA) is 262 Å². The van der Waals surface area contributed by atoms with Gasteiger partial charge in [0.2, 0.25) is 0 Å². The van der Waals surface area contributed by atoms with Crippen LogP contribution < -0.4 is 20.9 Å². The first-order valence-corrected chi connectivity index (χ1v) is 17.5. The van der Waals surface area contributed by atoms with Gasteiger partial charge < -0.3 is 26.2 Å². The second-order valence-corrected chi connectivity index (χ2v) is 13.3. The number of hydrogen-bond donors (Lipinski definition) is 8. The number of thioether (sulfide) groups is 1. The molecule has 0 radical (unpaired) electrons. The van der Waals surface area contributed by atoms with Crippen molar-refractivity contribution >= 4 is 73.8 Å². The summed E-state index contributed by atoms with van der Waals surface area (Å²) in [5, 5.41) is 40.6. The number of nitrogens with two attached hydrogens (primary N) is 2. The number of aliphatic carboxylic acids is 2. The van der Waals surface area contributed by atoms with E-state index in [4.69, 9.17) is 43.5 Å². The third-order valence-electron chi connectivity index (χ3n) is 5.36. The Morgan fingerprint density at radius 2 is 1.77 bits per heavy atom. The van der Waals surface area contributed by atoms with E-state index in [-0.39, 0.29) is 18.2 Å². The molecule has 0 aliphatic carbocycles. The van der Waals surface area contributed by atoms with Crippen molar-refractivity contribution in [2.45, 2.75) is 24.5 Å². The molecule has 0 spiro atoms. The molecule has 1 aromatic carbocycles. The van der Waals surface area contributed by atoms with Crippen molar-refractivity contribution in [1.82, 2.24) is 19.6 Å². The monoisotopic (exact) mass is 727 g/mol. The number of hydrogen-bond acceptors (Lipinski definition) is 11. The maximum atomic E-state index is 10.7. The first kappa shape index (κ1) is 41.0. The molecule has 19 heteroatoms. The summed E-state index contributed by atoms with van der Waals surface area (Å²) in [5.41, 5.74) is 8.40. The first-order valence-electron chi connectivity index (χ1n) is 13.5. The van der Waals surface area contributed by atoms with Crippen LogP contribution in [-0.2, 0) is 25.6 Å². The molecular formula is C28H38ClN9O6S3. The van der Waals surface area contributed by atoms with Gasteiger partial charge in [-0.2, -0.15) is 20.2 Å². The van der Waals surface area contributed by atoms with Crippen LogP contribution in [0, 0.1) is 10.8 Å². The average Bonchev–Trinajstić information content (AvgIpc) is 3.42. The lowest BCUT2D eigenvalue weighted by molar-refractivity contribution is -0.134. The minimum Gasteiger partial charge on any atom is -0.478 e. The third kappa shape index (κ3) is 20.6. The van der Waals surface area contributed by atoms with Gasteiger partial charge in [-0.15, -0.1) is 11.3 Å². The number of carboxylic acids is 2. The summed E-state index contributed by atoms with van der Waals surface area (Å²) in [4.78, 5) is 30.0. The Hall–Kier alpha value is -4.07. The smallest absolute Gasteiger partial charge is 0.328 e. The molecule has 0 aliphatic rings. The lowest BCUT2D eigenvalue weighted by Gasteiger charge is -2.19. The maximum absolute atomic E-state index is 10.7. The molecular weight excluding hydrogens is 690 g/mol. The van der Waals surface area contributed by atoms with Crippen molar-refractivity contribution in [3.63, 3.8) is 0 Å². The number of anilines is 1. The fraction of sp³-hybridized carbons (Fsp3) is 0.286. The third-order valence-corrected chi connectivity index (χ3v) is 7.94. The number of guanidine groups is 1. The lowest BCUT2D eigenvalue weighted by Crippen LogP contribution is -2.35. The highest BCUT2D eigenvalue weighted by Gasteiger charge is 2.15. The molecule has 3 aromatic rings. The molecule has 0 aliphatic heterocycles. The number of carbonyl (C=O) groups is 2. The number of halogens is 1. The van der Waals surface area contributed by atoms with Gasteiger partial charge in [-0.25, -0.2) is 19.7 Å². The van der Waals surface area contributed by atoms with Gasteiger partial charge in [0.25, 0.3) is 10.2 Å². The molecule has 10 N–H and O–H groups in total. The second kappa shape index (κ2) is 21.7. The van der Waals surface area contributed by atoms with Crippen LogP contribution in [-0.4, -0.2) is 83.6 Å². The van der Waals surface area contributed by atoms with Gasteiger partial charge in [-0.3, -0.25) is 20.5 Å². The summed E-state index contributed by atoms with van der Waals surface area (Å²) >= 11 is 8.82. The van der Waals surface area contributed by atoms with Crippen LogP contribution in [0.1, 0.15) is 35.7 Å². The van der Waals surface area contributed by atoms with E-state index in [9.17, 15) is 18.0 Å². The molecule has 47 heavy (non-hydrogen) atoms. The molecule has 0 saturated heterocycles. The van der Waals surface area contributed by atoms with Crippen LogP contribution in [0.15, 0.2) is 66.2 Å². The van der Waals surface area contributed by atoms with Gasteiger partial charge in [0.05, 0.1) is 5.69 Å². The van der Waals surface area contributed by atoms with Gasteiger partial charge in [0.15, 0.2) is 11.1 Å². The summed E-state index contributed by atoms with van der Waals surface area (Å²) in [6.45, 7) is 1.03. The van der Waals surface area contributed by atoms with E-state index in [0.717, 1.165) is 29.4 Å². The number of thiazole rings is 1. The van der Waals surface area contributed by atoms with Gasteiger partial charge in [-0.1, -0.05) is 29.8 Å². The molecule has 0 saturated carbocycles. The Labute approximate surface area is 286 Å². The highest BCUT2D eigenvalue weighted by molar-refractivity contribution is 7.98. The number of rotatable bonds is 14. The molecule has 1 atom stereocenters. The average molecular weight is 728 g/mol. The Kier molecular flexibility index (Phi) is 18.9. The largest absolute Gasteiger partial charge is 0.478 e. The highest BCUT2D eigenvalue weighted by Crippen LogP contribution is 2.27. The van der Waals surface area contributed by atoms with E-state index >= 15 is 0 Å². The van der Waals surface area contributed by atoms with Crippen LogP contribution in [0.3, 0.4) is 0 Å². The zero-order chi connectivity index (χ0) is 35.4. The number of aromatic nitrogens is 2. The Morgan fingerprint density at radius 1 is 1.13 bits per heavy atom. The highest BCUT2D eigenvalue weighted by atomic mass is 35.5. The lowest BCUT2D eigenvalue weighted by atomic mass is 9.92. The number of amidine groups is 1. The molecule has 0 amide bonds. The number of carboxylic acid groups (broad SMARTS) is 2. The minimum absolute atomic E-state index is 0.141. The quantitative estimate of drug-likeness (QED) is 0.0514. The maximum Gasteiger partial charge on any atom is 0.328 e. The normalized spacial score (nSPS) is 11.4. The van der Waals surface area contributed by atoms with Gasteiger partial charge in [-0.05, 0) is 56.9 Å². The fourth-order valence-electron chi connectivity index (χ4n) is 3.41. The van der Waals surface area contributed by atoms with E-state index in [0.29, 0.717) is 34.7 Å². The summed E-state index contributed by atoms with van der Waals surface area (Å²) in [6, 6.07) is 14.2. The number of nitrogens with zero attached hydrogens (tertiary/aromatic N) is 3. The van der Waals surface area contributed by atoms with E-state index < -0.39 is 22.1 Å². The van der Waals surface area contributed by atoms with Crippen molar-refractivity contribution in [1.29, 1.82) is 10.8 Å². The molecule has 3 rings (SSSR count). The van der Waals surface area contributed by atoms with Crippen molar-refractivity contribution in [3.8, 4) is 0 Å². The predicted molar refractivity (Wildman–Crippen MR) is 188 cm³/mol. The summed E-state index contributed by atoms with van der Waals surface area (Å²) < 4.78 is 23.2. The zero-order valence-corrected chi connectivity index (χ0v) is 28.8. The van der Waals surface area contributed by atoms with Crippen LogP contribution >= 0.6 is 34.7 Å². The van der Waals surface area contributed by atoms with E-state index in [1.54, 1.807) is 0 Å². The number of pyridine rings is 1. The standard InChI is InChI=1S/C16H19ClN2.C8H15N7O2S3.C4H4O4/c1-19(2)12-10-15(16-5-3-4-11-18-16)13-6-8-14(17)9-7-13;9-6(15-20(12,16)17)1-2-18-3-5-4-19-8(13-5)14-7(10)11;5-3(6)1-2-4(7)8/h3-9,11,15H,10,12H2,1-2H3;4H,1-3H2,(H2,9,15)(H2,12,16,17)(H4,10,11,13,14);1-2H,(H,5,6)(H,7,8)/b;;2-1-. The summed E-state index contributed by atoms with van der Waals surface area (Å²) in [7, 11) is 0.334. The predicted octanol–water partition coefficient (Wildman–Crippen LogP) is 3.37. The molecule has 15 nitrogen and oxygen atoms in total. The van der Waals surface area contributed by atoms with Gasteiger partial charge in [0, 0.05) is 58.3 Å². The van der Waals surface area contributed by atoms with Crippen molar-refractivity contribution < 1.29 is 28.2 Å². The Bertz CT molecular complexity index is 1560. The van der Waals surface area contributed by atoms with Gasteiger partial charge >= 0.3 is 11.9 Å². The van der Waals surface area contributed by atoms with Crippen LogP contribution in [0.2, 0.25) is 5.02 Å². The van der Waals surface area contributed by atoms with E-state index in [1.807, 2.05) is 40.6 Å². The van der Waals surface area contributed by atoms with Crippen LogP contribution in [0.4, 0.5) is 5.13 Å². The minimum atomic E-state index is -3.86. The first-order chi connectivity index (χ1) is 22.1. The molecule has 1 unspecified atom stereocenters. The number of benzene rings is 1. The van der Waals surface area contributed by atoms with Gasteiger partial charge in [0.1, 0.15) is 5.84 Å². The second-order valence-electron chi connectivity index (χ2n) is 9.57. The molecule has 0 bridgehead atoms.